The molecule has 0 aliphatic heterocycles. The Morgan fingerprint density at radius 3 is 2.52 bits per heavy atom. The minimum Gasteiger partial charge on any atom is -0.318 e. The molecule has 0 aliphatic carbocycles. The minimum absolute atomic E-state index is 0.196. The highest BCUT2D eigenvalue weighted by molar-refractivity contribution is 6.42. The van der Waals surface area contributed by atoms with Gasteiger partial charge in [-0.3, -0.25) is 9.20 Å². The van der Waals surface area contributed by atoms with Gasteiger partial charge in [0.15, 0.2) is 0 Å². The molecule has 2 aromatic heterocycles. The zero-order valence-electron chi connectivity index (χ0n) is 11.7. The third-order valence-electron chi connectivity index (χ3n) is 3.22. The number of carbonyl (C=O) groups excluding carboxylic acids is 1. The van der Waals surface area contributed by atoms with E-state index >= 15 is 0 Å². The van der Waals surface area contributed by atoms with Crippen LogP contribution in [0.1, 0.15) is 16.2 Å². The maximum Gasteiger partial charge on any atom is 0.274 e. The summed E-state index contributed by atoms with van der Waals surface area (Å²) in [5.41, 5.74) is 1.34. The largest absolute Gasteiger partial charge is 0.318 e. The van der Waals surface area contributed by atoms with Crippen molar-refractivity contribution in [1.82, 2.24) is 9.38 Å². The summed E-state index contributed by atoms with van der Waals surface area (Å²) >= 11 is 18.0. The summed E-state index contributed by atoms with van der Waals surface area (Å²) in [4.78, 5) is 16.8. The number of rotatable bonds is 2. The first-order chi connectivity index (χ1) is 10.9. The van der Waals surface area contributed by atoms with Crippen molar-refractivity contribution in [1.29, 1.82) is 0 Å². The normalized spacial score (nSPS) is 11.0. The van der Waals surface area contributed by atoms with Crippen molar-refractivity contribution in [3.63, 3.8) is 0 Å². The summed E-state index contributed by atoms with van der Waals surface area (Å²) in [5.74, 6) is -0.988. The lowest BCUT2D eigenvalue weighted by molar-refractivity contribution is 0.102. The van der Waals surface area contributed by atoms with Crippen molar-refractivity contribution < 1.29 is 9.18 Å². The van der Waals surface area contributed by atoms with E-state index in [4.69, 9.17) is 34.8 Å². The predicted octanol–water partition coefficient (Wildman–Crippen LogP) is 4.99. The van der Waals surface area contributed by atoms with Crippen LogP contribution in [-0.4, -0.2) is 15.3 Å². The number of hydrogen-bond acceptors (Lipinski definition) is 2. The van der Waals surface area contributed by atoms with Gasteiger partial charge in [-0.2, -0.15) is 0 Å². The van der Waals surface area contributed by atoms with Gasteiger partial charge in [0.2, 0.25) is 0 Å². The van der Waals surface area contributed by atoms with Gasteiger partial charge >= 0.3 is 0 Å². The summed E-state index contributed by atoms with van der Waals surface area (Å²) < 4.78 is 14.8. The lowest BCUT2D eigenvalue weighted by Gasteiger charge is -2.10. The number of pyridine rings is 1. The lowest BCUT2D eigenvalue weighted by atomic mass is 10.2. The molecule has 0 fully saturated rings. The molecule has 1 N–H and O–H groups in total. The van der Waals surface area contributed by atoms with E-state index in [1.54, 1.807) is 6.92 Å². The van der Waals surface area contributed by atoms with Crippen molar-refractivity contribution in [2.24, 2.45) is 0 Å². The molecule has 0 spiro atoms. The van der Waals surface area contributed by atoms with E-state index in [0.717, 1.165) is 0 Å². The van der Waals surface area contributed by atoms with E-state index in [1.807, 2.05) is 0 Å². The summed E-state index contributed by atoms with van der Waals surface area (Å²) in [6.07, 6.45) is 1.19. The number of nitrogens with zero attached hydrogens (tertiary/aromatic N) is 2. The van der Waals surface area contributed by atoms with E-state index < -0.39 is 11.7 Å². The van der Waals surface area contributed by atoms with Gasteiger partial charge in [-0.25, -0.2) is 9.37 Å². The molecule has 1 aromatic carbocycles. The number of hydrogen-bond donors (Lipinski definition) is 1. The van der Waals surface area contributed by atoms with E-state index in [1.165, 1.54) is 34.9 Å². The average molecular weight is 373 g/mol. The molecule has 3 aromatic rings. The highest BCUT2D eigenvalue weighted by Crippen LogP contribution is 2.34. The van der Waals surface area contributed by atoms with Crippen LogP contribution < -0.4 is 5.32 Å². The predicted molar refractivity (Wildman–Crippen MR) is 89.3 cm³/mol. The molecular weight excluding hydrogens is 364 g/mol. The maximum atomic E-state index is 13.5. The molecule has 0 radical (unpaired) electrons. The third-order valence-corrected chi connectivity index (χ3v) is 4.03. The number of imidazole rings is 1. The van der Waals surface area contributed by atoms with Crippen molar-refractivity contribution in [3.8, 4) is 0 Å². The Labute approximate surface area is 145 Å². The van der Waals surface area contributed by atoms with Gasteiger partial charge in [0.05, 0.1) is 21.4 Å². The molecule has 0 unspecified atom stereocenters. The van der Waals surface area contributed by atoms with Gasteiger partial charge in [0.25, 0.3) is 5.91 Å². The van der Waals surface area contributed by atoms with Crippen molar-refractivity contribution in [2.75, 3.05) is 5.32 Å². The molecule has 2 heterocycles. The smallest absolute Gasteiger partial charge is 0.274 e. The maximum absolute atomic E-state index is 13.5. The van der Waals surface area contributed by atoms with Crippen LogP contribution in [0, 0.1) is 12.7 Å². The number of benzene rings is 1. The highest BCUT2D eigenvalue weighted by atomic mass is 35.5. The number of halogens is 4. The topological polar surface area (TPSA) is 46.4 Å². The lowest BCUT2D eigenvalue weighted by Crippen LogP contribution is -2.16. The van der Waals surface area contributed by atoms with Gasteiger partial charge in [-0.15, -0.1) is 0 Å². The van der Waals surface area contributed by atoms with E-state index in [2.05, 4.69) is 10.3 Å². The Bertz CT molecular complexity index is 916. The molecule has 4 nitrogen and oxygen atoms in total. The monoisotopic (exact) mass is 371 g/mol. The number of aromatic nitrogens is 2. The second-order valence-corrected chi connectivity index (χ2v) is 6.07. The van der Waals surface area contributed by atoms with Crippen molar-refractivity contribution >= 4 is 52.0 Å². The van der Waals surface area contributed by atoms with Gasteiger partial charge in [-0.1, -0.05) is 34.8 Å². The summed E-state index contributed by atoms with van der Waals surface area (Å²) in [5, 5.41) is 3.37. The van der Waals surface area contributed by atoms with Crippen LogP contribution in [0.5, 0.6) is 0 Å². The molecule has 0 atom stereocenters. The standard InChI is InChI=1S/C15H9Cl3FN3O/c1-7-14(22-6-9(19)2-3-12(22)20-7)15(23)21-13-10(17)4-8(16)5-11(13)18/h2-6H,1H3,(H,21,23). The number of aryl methyl sites for hydroxylation is 1. The zero-order chi connectivity index (χ0) is 16.7. The second kappa shape index (κ2) is 6.00. The Kier molecular flexibility index (Phi) is 4.19. The van der Waals surface area contributed by atoms with Crippen LogP contribution >= 0.6 is 34.8 Å². The van der Waals surface area contributed by atoms with E-state index in [0.29, 0.717) is 16.4 Å². The third kappa shape index (κ3) is 3.00. The molecule has 0 aliphatic rings. The fourth-order valence-electron chi connectivity index (χ4n) is 2.24. The van der Waals surface area contributed by atoms with Gasteiger partial charge in [0.1, 0.15) is 17.2 Å². The van der Waals surface area contributed by atoms with Crippen LogP contribution in [0.4, 0.5) is 10.1 Å². The summed E-state index contributed by atoms with van der Waals surface area (Å²) in [6.45, 7) is 1.66. The SMILES string of the molecule is Cc1nc2ccc(F)cn2c1C(=O)Nc1c(Cl)cc(Cl)cc1Cl. The Morgan fingerprint density at radius 2 is 1.87 bits per heavy atom. The minimum atomic E-state index is -0.508. The van der Waals surface area contributed by atoms with Gasteiger partial charge in [0, 0.05) is 11.2 Å². The van der Waals surface area contributed by atoms with E-state index in [9.17, 15) is 9.18 Å². The summed E-state index contributed by atoms with van der Waals surface area (Å²) in [6, 6.07) is 5.69. The number of amides is 1. The molecule has 1 amide bonds. The zero-order valence-corrected chi connectivity index (χ0v) is 14.0. The molecule has 8 heteroatoms. The van der Waals surface area contributed by atoms with Gasteiger partial charge in [-0.05, 0) is 31.2 Å². The first-order valence-electron chi connectivity index (χ1n) is 6.47. The fourth-order valence-corrected chi connectivity index (χ4v) is 3.16. The number of nitrogens with one attached hydrogen (secondary N) is 1. The Morgan fingerprint density at radius 1 is 1.22 bits per heavy atom. The first-order valence-corrected chi connectivity index (χ1v) is 7.60. The quantitative estimate of drug-likeness (QED) is 0.688. The summed E-state index contributed by atoms with van der Waals surface area (Å²) in [7, 11) is 0. The number of fused-ring (bicyclic) bond motifs is 1. The Hall–Kier alpha value is -1.82. The van der Waals surface area contributed by atoms with Crippen LogP contribution in [0.25, 0.3) is 5.65 Å². The van der Waals surface area contributed by atoms with E-state index in [-0.39, 0.29) is 21.4 Å². The molecule has 3 rings (SSSR count). The van der Waals surface area contributed by atoms with Gasteiger partial charge < -0.3 is 5.32 Å². The average Bonchev–Trinajstić information content (AvgIpc) is 2.77. The Balaban J connectivity index is 2.05. The van der Waals surface area contributed by atoms with Crippen molar-refractivity contribution in [3.05, 3.63) is 62.7 Å². The molecule has 0 saturated heterocycles. The second-order valence-electron chi connectivity index (χ2n) is 4.82. The van der Waals surface area contributed by atoms with Crippen LogP contribution in [-0.2, 0) is 0 Å². The molecule has 0 bridgehead atoms. The molecular formula is C15H9Cl3FN3O. The number of anilines is 1. The molecule has 0 saturated carbocycles. The fraction of sp³-hybridized carbons (Fsp3) is 0.0667. The molecule has 23 heavy (non-hydrogen) atoms. The first kappa shape index (κ1) is 16.1. The molecule has 118 valence electrons. The van der Waals surface area contributed by atoms with Crippen molar-refractivity contribution in [2.45, 2.75) is 6.92 Å². The number of carbonyl (C=O) groups is 1. The van der Waals surface area contributed by atoms with Crippen LogP contribution in [0.2, 0.25) is 15.1 Å². The van der Waals surface area contributed by atoms with Crippen LogP contribution in [0.15, 0.2) is 30.5 Å². The van der Waals surface area contributed by atoms with Crippen LogP contribution in [0.3, 0.4) is 0 Å². The highest BCUT2D eigenvalue weighted by Gasteiger charge is 2.19.